The molecule has 0 radical (unpaired) electrons. The summed E-state index contributed by atoms with van der Waals surface area (Å²) in [5.41, 5.74) is 8.19. The number of nitrogens with one attached hydrogen (secondary N) is 1. The monoisotopic (exact) mass is 291 g/mol. The van der Waals surface area contributed by atoms with Crippen LogP contribution in [0, 0.1) is 5.92 Å². The number of aromatic nitrogens is 1. The highest BCUT2D eigenvalue weighted by molar-refractivity contribution is 5.94. The van der Waals surface area contributed by atoms with Gasteiger partial charge in [-0.15, -0.1) is 0 Å². The largest absolute Gasteiger partial charge is 0.391 e. The van der Waals surface area contributed by atoms with Crippen molar-refractivity contribution in [3.63, 3.8) is 0 Å². The number of carbonyl (C=O) groups excluding carboxylic acids is 2. The van der Waals surface area contributed by atoms with Gasteiger partial charge in [-0.3, -0.25) is 9.59 Å². The summed E-state index contributed by atoms with van der Waals surface area (Å²) >= 11 is 0. The summed E-state index contributed by atoms with van der Waals surface area (Å²) in [6.45, 7) is 0.654. The zero-order valence-corrected chi connectivity index (χ0v) is 12.0. The minimum atomic E-state index is -0.674. The molecule has 0 spiro atoms. The molecule has 1 aromatic heterocycles. The van der Waals surface area contributed by atoms with Gasteiger partial charge >= 0.3 is 0 Å². The van der Waals surface area contributed by atoms with Gasteiger partial charge in [-0.05, 0) is 36.8 Å². The van der Waals surface area contributed by atoms with Crippen LogP contribution in [0.1, 0.15) is 40.9 Å². The van der Waals surface area contributed by atoms with Gasteiger partial charge in [-0.25, -0.2) is 0 Å². The normalized spacial score (nSPS) is 24.9. The molecular formula is C15H21N3O3. The molecule has 114 valence electrons. The Balaban J connectivity index is 1.74. The Labute approximate surface area is 123 Å². The number of nitrogens with two attached hydrogens (primary N) is 1. The van der Waals surface area contributed by atoms with Crippen molar-refractivity contribution in [3.05, 3.63) is 23.0 Å². The maximum Gasteiger partial charge on any atom is 0.270 e. The van der Waals surface area contributed by atoms with E-state index in [-0.39, 0.29) is 24.8 Å². The van der Waals surface area contributed by atoms with Crippen LogP contribution in [0.3, 0.4) is 0 Å². The lowest BCUT2D eigenvalue weighted by molar-refractivity contribution is -0.119. The van der Waals surface area contributed by atoms with Gasteiger partial charge in [-0.2, -0.15) is 0 Å². The van der Waals surface area contributed by atoms with Gasteiger partial charge in [0.2, 0.25) is 5.91 Å². The molecule has 0 saturated carbocycles. The highest BCUT2D eigenvalue weighted by Crippen LogP contribution is 2.27. The van der Waals surface area contributed by atoms with E-state index in [4.69, 9.17) is 5.73 Å². The zero-order valence-electron chi connectivity index (χ0n) is 12.0. The number of aliphatic hydroxyl groups excluding tert-OH is 1. The first kappa shape index (κ1) is 14.1. The number of hydrogen-bond donors (Lipinski definition) is 3. The molecule has 1 fully saturated rings. The summed E-state index contributed by atoms with van der Waals surface area (Å²) in [6, 6.07) is 0. The smallest absolute Gasteiger partial charge is 0.270 e. The predicted octanol–water partition coefficient (Wildman–Crippen LogP) is 0.202. The summed E-state index contributed by atoms with van der Waals surface area (Å²) in [6.07, 6.45) is 5.60. The second-order valence-corrected chi connectivity index (χ2v) is 6.08. The van der Waals surface area contributed by atoms with Crippen molar-refractivity contribution in [2.75, 3.05) is 13.1 Å². The molecular weight excluding hydrogens is 270 g/mol. The van der Waals surface area contributed by atoms with Crippen molar-refractivity contribution in [3.8, 4) is 0 Å². The Morgan fingerprint density at radius 1 is 1.33 bits per heavy atom. The van der Waals surface area contributed by atoms with Crippen LogP contribution >= 0.6 is 0 Å². The number of hydrogen-bond acceptors (Lipinski definition) is 3. The molecule has 6 nitrogen and oxygen atoms in total. The third-order valence-electron chi connectivity index (χ3n) is 4.57. The molecule has 1 saturated heterocycles. The van der Waals surface area contributed by atoms with Gasteiger partial charge in [0.05, 0.1) is 6.10 Å². The van der Waals surface area contributed by atoms with E-state index >= 15 is 0 Å². The molecule has 6 heteroatoms. The summed E-state index contributed by atoms with van der Waals surface area (Å²) in [5, 5.41) is 9.98. The van der Waals surface area contributed by atoms with Crippen molar-refractivity contribution in [2.45, 2.75) is 38.2 Å². The molecule has 3 rings (SSSR count). The van der Waals surface area contributed by atoms with E-state index < -0.39 is 12.0 Å². The van der Waals surface area contributed by atoms with Crippen LogP contribution in [0.2, 0.25) is 0 Å². The van der Waals surface area contributed by atoms with Gasteiger partial charge in [-0.1, -0.05) is 0 Å². The Morgan fingerprint density at radius 3 is 2.86 bits per heavy atom. The highest BCUT2D eigenvalue weighted by atomic mass is 16.3. The number of carbonyl (C=O) groups is 2. The zero-order chi connectivity index (χ0) is 15.0. The van der Waals surface area contributed by atoms with Crippen molar-refractivity contribution in [2.24, 2.45) is 11.7 Å². The molecule has 0 aromatic carbocycles. The molecule has 2 aliphatic rings. The fraction of sp³-hybridized carbons (Fsp3) is 0.600. The Hall–Kier alpha value is -1.82. The average Bonchev–Trinajstić information content (AvgIpc) is 3.02. The summed E-state index contributed by atoms with van der Waals surface area (Å²) in [5.74, 6) is -0.771. The number of aryl methyl sites for hydroxylation is 1. The third kappa shape index (κ3) is 2.68. The number of nitrogens with zero attached hydrogens (tertiary/aromatic N) is 1. The number of aliphatic hydroxyl groups is 1. The van der Waals surface area contributed by atoms with E-state index in [1.165, 1.54) is 12.0 Å². The maximum absolute atomic E-state index is 12.6. The van der Waals surface area contributed by atoms with Gasteiger partial charge in [0.1, 0.15) is 5.69 Å². The molecule has 1 aliphatic heterocycles. The van der Waals surface area contributed by atoms with E-state index in [0.717, 1.165) is 24.8 Å². The fourth-order valence-electron chi connectivity index (χ4n) is 3.45. The summed E-state index contributed by atoms with van der Waals surface area (Å²) < 4.78 is 0. The Kier molecular flexibility index (Phi) is 3.71. The van der Waals surface area contributed by atoms with Crippen LogP contribution in [0.15, 0.2) is 6.20 Å². The van der Waals surface area contributed by atoms with Gasteiger partial charge < -0.3 is 20.7 Å². The lowest BCUT2D eigenvalue weighted by atomic mass is 9.93. The van der Waals surface area contributed by atoms with Crippen molar-refractivity contribution < 1.29 is 14.7 Å². The molecule has 2 atom stereocenters. The fourth-order valence-corrected chi connectivity index (χ4v) is 3.45. The topological polar surface area (TPSA) is 99.4 Å². The van der Waals surface area contributed by atoms with Gasteiger partial charge in [0, 0.05) is 31.6 Å². The molecule has 4 N–H and O–H groups in total. The predicted molar refractivity (Wildman–Crippen MR) is 76.6 cm³/mol. The van der Waals surface area contributed by atoms with Crippen molar-refractivity contribution in [1.82, 2.24) is 9.88 Å². The first-order valence-electron chi connectivity index (χ1n) is 7.51. The third-order valence-corrected chi connectivity index (χ3v) is 4.57. The lowest BCUT2D eigenvalue weighted by Crippen LogP contribution is -2.31. The first-order valence-corrected chi connectivity index (χ1v) is 7.51. The number of primary amides is 1. The van der Waals surface area contributed by atoms with Crippen LogP contribution in [-0.2, 0) is 17.6 Å². The van der Waals surface area contributed by atoms with Crippen LogP contribution in [-0.4, -0.2) is 46.0 Å². The standard InChI is InChI=1S/C15H21N3O3/c16-13(20)5-10-7-18(8-12(10)19)15(21)14-11-4-2-1-3-9(11)6-17-14/h6,10,12,17,19H,1-5,7-8H2,(H2,16,20)/t10-,12-/m1/s1. The summed E-state index contributed by atoms with van der Waals surface area (Å²) in [7, 11) is 0. The number of amides is 2. The lowest BCUT2D eigenvalue weighted by Gasteiger charge is -2.18. The Morgan fingerprint density at radius 2 is 2.10 bits per heavy atom. The van der Waals surface area contributed by atoms with Crippen LogP contribution in [0.4, 0.5) is 0 Å². The van der Waals surface area contributed by atoms with Crippen LogP contribution < -0.4 is 5.73 Å². The second-order valence-electron chi connectivity index (χ2n) is 6.08. The SMILES string of the molecule is NC(=O)C[C@@H]1CN(C(=O)c2[nH]cc3c2CCCC3)C[C@H]1O. The molecule has 2 heterocycles. The minimum absolute atomic E-state index is 0.0795. The molecule has 1 aromatic rings. The molecule has 1 aliphatic carbocycles. The van der Waals surface area contributed by atoms with E-state index in [2.05, 4.69) is 4.98 Å². The average molecular weight is 291 g/mol. The number of aromatic amines is 1. The number of likely N-dealkylation sites (tertiary alicyclic amines) is 1. The maximum atomic E-state index is 12.6. The highest BCUT2D eigenvalue weighted by Gasteiger charge is 2.36. The Bertz CT molecular complexity index is 567. The first-order chi connectivity index (χ1) is 10.1. The molecule has 2 amide bonds. The second kappa shape index (κ2) is 5.52. The minimum Gasteiger partial charge on any atom is -0.391 e. The molecule has 0 bridgehead atoms. The van der Waals surface area contributed by atoms with E-state index in [1.807, 2.05) is 6.20 Å². The van der Waals surface area contributed by atoms with Crippen molar-refractivity contribution >= 4 is 11.8 Å². The van der Waals surface area contributed by atoms with Gasteiger partial charge in [0.15, 0.2) is 0 Å². The summed E-state index contributed by atoms with van der Waals surface area (Å²) in [4.78, 5) is 28.3. The van der Waals surface area contributed by atoms with E-state index in [1.54, 1.807) is 4.90 Å². The van der Waals surface area contributed by atoms with Crippen LogP contribution in [0.25, 0.3) is 0 Å². The number of rotatable bonds is 3. The number of β-amino-alcohol motifs (C(OH)–C–C–N with tert-alkyl or cyclic N) is 1. The van der Waals surface area contributed by atoms with Crippen molar-refractivity contribution in [1.29, 1.82) is 0 Å². The van der Waals surface area contributed by atoms with Crippen LogP contribution in [0.5, 0.6) is 0 Å². The number of fused-ring (bicyclic) bond motifs is 1. The molecule has 0 unspecified atom stereocenters. The number of H-pyrrole nitrogens is 1. The van der Waals surface area contributed by atoms with E-state index in [9.17, 15) is 14.7 Å². The quantitative estimate of drug-likeness (QED) is 0.742. The van der Waals surface area contributed by atoms with E-state index in [0.29, 0.717) is 12.2 Å². The molecule has 21 heavy (non-hydrogen) atoms. The van der Waals surface area contributed by atoms with Gasteiger partial charge in [0.25, 0.3) is 5.91 Å².